The van der Waals surface area contributed by atoms with Crippen LogP contribution in [0.15, 0.2) is 48.5 Å². The summed E-state index contributed by atoms with van der Waals surface area (Å²) >= 11 is 0. The quantitative estimate of drug-likeness (QED) is 0.819. The number of carbonyl (C=O) groups excluding carboxylic acids is 2. The molecule has 0 spiro atoms. The largest absolute Gasteiger partial charge is 0.486 e. The first-order chi connectivity index (χ1) is 12.1. The van der Waals surface area contributed by atoms with E-state index < -0.39 is 5.91 Å². The fraction of sp³-hybridized carbons (Fsp3) is 0.222. The highest BCUT2D eigenvalue weighted by atomic mass is 16.6. The van der Waals surface area contributed by atoms with Crippen LogP contribution in [0, 0.1) is 0 Å². The Kier molecular flexibility index (Phi) is 5.03. The van der Waals surface area contributed by atoms with Crippen LogP contribution in [0.5, 0.6) is 17.2 Å². The normalized spacial score (nSPS) is 15.3. The molecular formula is C18H18N2O5. The Morgan fingerprint density at radius 2 is 1.84 bits per heavy atom. The molecule has 1 atom stereocenters. The van der Waals surface area contributed by atoms with Crippen LogP contribution in [0.4, 0.5) is 0 Å². The maximum atomic E-state index is 11.9. The van der Waals surface area contributed by atoms with E-state index in [2.05, 4.69) is 5.32 Å². The van der Waals surface area contributed by atoms with Crippen molar-refractivity contribution in [2.75, 3.05) is 19.8 Å². The molecule has 1 aliphatic rings. The predicted molar refractivity (Wildman–Crippen MR) is 89.8 cm³/mol. The summed E-state index contributed by atoms with van der Waals surface area (Å²) in [5, 5.41) is 2.74. The lowest BCUT2D eigenvalue weighted by atomic mass is 10.2. The summed E-state index contributed by atoms with van der Waals surface area (Å²) in [6.45, 7) is 0.546. The van der Waals surface area contributed by atoms with Gasteiger partial charge in [-0.15, -0.1) is 0 Å². The predicted octanol–water partition coefficient (Wildman–Crippen LogP) is 1.12. The van der Waals surface area contributed by atoms with Gasteiger partial charge in [0, 0.05) is 5.56 Å². The molecule has 1 aliphatic heterocycles. The Morgan fingerprint density at radius 3 is 2.56 bits per heavy atom. The lowest BCUT2D eigenvalue weighted by Gasteiger charge is -2.26. The summed E-state index contributed by atoms with van der Waals surface area (Å²) in [7, 11) is 0. The van der Waals surface area contributed by atoms with Gasteiger partial charge in [0.25, 0.3) is 5.91 Å². The van der Waals surface area contributed by atoms with Crippen molar-refractivity contribution in [3.63, 3.8) is 0 Å². The SMILES string of the molecule is NC(=O)c1ccc(OCC(=O)NCC2COc3ccccc3O2)cc1. The van der Waals surface area contributed by atoms with E-state index in [4.69, 9.17) is 19.9 Å². The van der Waals surface area contributed by atoms with Crippen molar-refractivity contribution >= 4 is 11.8 Å². The van der Waals surface area contributed by atoms with Gasteiger partial charge >= 0.3 is 0 Å². The van der Waals surface area contributed by atoms with E-state index in [1.54, 1.807) is 24.3 Å². The molecule has 2 aromatic carbocycles. The summed E-state index contributed by atoms with van der Waals surface area (Å²) in [6, 6.07) is 13.6. The molecule has 7 heteroatoms. The molecule has 7 nitrogen and oxygen atoms in total. The Hall–Kier alpha value is -3.22. The number of ether oxygens (including phenoxy) is 3. The summed E-state index contributed by atoms with van der Waals surface area (Å²) in [6.07, 6.45) is -0.256. The van der Waals surface area contributed by atoms with Crippen molar-refractivity contribution in [3.05, 3.63) is 54.1 Å². The van der Waals surface area contributed by atoms with Crippen molar-refractivity contribution in [1.82, 2.24) is 5.32 Å². The zero-order valence-corrected chi connectivity index (χ0v) is 13.4. The number of nitrogens with one attached hydrogen (secondary N) is 1. The van der Waals surface area contributed by atoms with Gasteiger partial charge in [-0.2, -0.15) is 0 Å². The van der Waals surface area contributed by atoms with E-state index in [0.717, 1.165) is 0 Å². The van der Waals surface area contributed by atoms with Gasteiger partial charge < -0.3 is 25.3 Å². The highest BCUT2D eigenvalue weighted by Gasteiger charge is 2.21. The van der Waals surface area contributed by atoms with E-state index >= 15 is 0 Å². The molecule has 0 fully saturated rings. The van der Waals surface area contributed by atoms with E-state index in [9.17, 15) is 9.59 Å². The number of benzene rings is 2. The highest BCUT2D eigenvalue weighted by Crippen LogP contribution is 2.30. The molecule has 1 heterocycles. The zero-order valence-electron chi connectivity index (χ0n) is 13.4. The average Bonchev–Trinajstić information content (AvgIpc) is 2.65. The maximum Gasteiger partial charge on any atom is 0.258 e. The first-order valence-corrected chi connectivity index (χ1v) is 7.79. The number of primary amides is 1. The maximum absolute atomic E-state index is 11.9. The molecule has 0 radical (unpaired) electrons. The Balaban J connectivity index is 1.42. The lowest BCUT2D eigenvalue weighted by molar-refractivity contribution is -0.123. The molecule has 3 rings (SSSR count). The monoisotopic (exact) mass is 342 g/mol. The van der Waals surface area contributed by atoms with Crippen molar-refractivity contribution in [3.8, 4) is 17.2 Å². The molecule has 2 amide bonds. The van der Waals surface area contributed by atoms with E-state index in [1.807, 2.05) is 24.3 Å². The van der Waals surface area contributed by atoms with Gasteiger partial charge in [0.1, 0.15) is 18.5 Å². The molecule has 0 saturated carbocycles. The average molecular weight is 342 g/mol. The second-order valence-corrected chi connectivity index (χ2v) is 5.48. The van der Waals surface area contributed by atoms with Crippen LogP contribution in [-0.4, -0.2) is 37.7 Å². The highest BCUT2D eigenvalue weighted by molar-refractivity contribution is 5.92. The first kappa shape index (κ1) is 16.6. The Bertz CT molecular complexity index is 760. The zero-order chi connectivity index (χ0) is 17.6. The van der Waals surface area contributed by atoms with Gasteiger partial charge in [0.15, 0.2) is 18.1 Å². The molecule has 0 saturated heterocycles. The van der Waals surface area contributed by atoms with Gasteiger partial charge in [-0.25, -0.2) is 0 Å². The lowest BCUT2D eigenvalue weighted by Crippen LogP contribution is -2.42. The second-order valence-electron chi connectivity index (χ2n) is 5.48. The number of nitrogens with two attached hydrogens (primary N) is 1. The summed E-state index contributed by atoms with van der Waals surface area (Å²) in [5.41, 5.74) is 5.54. The molecule has 3 N–H and O–H groups in total. The van der Waals surface area contributed by atoms with E-state index in [0.29, 0.717) is 36.0 Å². The van der Waals surface area contributed by atoms with Crippen LogP contribution in [0.3, 0.4) is 0 Å². The summed E-state index contributed by atoms with van der Waals surface area (Å²) in [5.74, 6) is 1.06. The molecule has 1 unspecified atom stereocenters. The molecule has 0 bridgehead atoms. The Labute approximate surface area is 144 Å². The smallest absolute Gasteiger partial charge is 0.258 e. The van der Waals surface area contributed by atoms with Gasteiger partial charge in [0.05, 0.1) is 6.54 Å². The standard InChI is InChI=1S/C18H18N2O5/c19-18(22)12-5-7-13(8-6-12)23-11-17(21)20-9-14-10-24-15-3-1-2-4-16(15)25-14/h1-8,14H,9-11H2,(H2,19,22)(H,20,21). The van der Waals surface area contributed by atoms with E-state index in [-0.39, 0.29) is 18.6 Å². The van der Waals surface area contributed by atoms with Crippen LogP contribution < -0.4 is 25.3 Å². The summed E-state index contributed by atoms with van der Waals surface area (Å²) < 4.78 is 16.7. The second kappa shape index (κ2) is 7.57. The molecule has 0 aliphatic carbocycles. The minimum Gasteiger partial charge on any atom is -0.486 e. The van der Waals surface area contributed by atoms with Crippen LogP contribution in [-0.2, 0) is 4.79 Å². The van der Waals surface area contributed by atoms with Gasteiger partial charge in [-0.05, 0) is 36.4 Å². The number of fused-ring (bicyclic) bond motifs is 1. The minimum absolute atomic E-state index is 0.139. The number of carbonyl (C=O) groups is 2. The van der Waals surface area contributed by atoms with E-state index in [1.165, 1.54) is 0 Å². The number of para-hydroxylation sites is 2. The third-order valence-corrected chi connectivity index (χ3v) is 3.60. The number of amides is 2. The molecule has 0 aromatic heterocycles. The van der Waals surface area contributed by atoms with Crippen LogP contribution >= 0.6 is 0 Å². The number of hydrogen-bond acceptors (Lipinski definition) is 5. The number of rotatable bonds is 6. The van der Waals surface area contributed by atoms with Crippen LogP contribution in [0.2, 0.25) is 0 Å². The minimum atomic E-state index is -0.513. The van der Waals surface area contributed by atoms with Crippen molar-refractivity contribution in [1.29, 1.82) is 0 Å². The van der Waals surface area contributed by atoms with Gasteiger partial charge in [-0.3, -0.25) is 9.59 Å². The fourth-order valence-corrected chi connectivity index (χ4v) is 2.31. The summed E-state index contributed by atoms with van der Waals surface area (Å²) in [4.78, 5) is 22.9. The molecular weight excluding hydrogens is 324 g/mol. The fourth-order valence-electron chi connectivity index (χ4n) is 2.31. The molecule has 2 aromatic rings. The first-order valence-electron chi connectivity index (χ1n) is 7.79. The van der Waals surface area contributed by atoms with Crippen LogP contribution in [0.1, 0.15) is 10.4 Å². The third kappa shape index (κ3) is 4.41. The third-order valence-electron chi connectivity index (χ3n) is 3.60. The van der Waals surface area contributed by atoms with Crippen molar-refractivity contribution in [2.45, 2.75) is 6.10 Å². The van der Waals surface area contributed by atoms with Crippen molar-refractivity contribution < 1.29 is 23.8 Å². The molecule has 130 valence electrons. The molecule has 25 heavy (non-hydrogen) atoms. The topological polar surface area (TPSA) is 99.9 Å². The van der Waals surface area contributed by atoms with Crippen molar-refractivity contribution in [2.24, 2.45) is 5.73 Å². The Morgan fingerprint density at radius 1 is 1.12 bits per heavy atom. The van der Waals surface area contributed by atoms with Crippen LogP contribution in [0.25, 0.3) is 0 Å². The van der Waals surface area contributed by atoms with Gasteiger partial charge in [-0.1, -0.05) is 12.1 Å². The van der Waals surface area contributed by atoms with Gasteiger partial charge in [0.2, 0.25) is 5.91 Å². The number of hydrogen-bond donors (Lipinski definition) is 2.